The quantitative estimate of drug-likeness (QED) is 0.348. The van der Waals surface area contributed by atoms with Crippen molar-refractivity contribution in [3.05, 3.63) is 82.0 Å². The fourth-order valence-corrected chi connectivity index (χ4v) is 7.48. The molecule has 190 valence electrons. The van der Waals surface area contributed by atoms with Crippen LogP contribution in [0.5, 0.6) is 0 Å². The minimum atomic E-state index is -3.89. The Labute approximate surface area is 216 Å². The van der Waals surface area contributed by atoms with Crippen molar-refractivity contribution in [3.8, 4) is 5.69 Å². The summed E-state index contributed by atoms with van der Waals surface area (Å²) < 4.78 is 45.4. The Morgan fingerprint density at radius 2 is 2.00 bits per heavy atom. The molecule has 1 aliphatic carbocycles. The van der Waals surface area contributed by atoms with E-state index < -0.39 is 15.4 Å². The van der Waals surface area contributed by atoms with Gasteiger partial charge >= 0.3 is 0 Å². The fourth-order valence-electron chi connectivity index (χ4n) is 5.29. The maximum atomic E-state index is 14.0. The van der Waals surface area contributed by atoms with Gasteiger partial charge in [0.1, 0.15) is 11.5 Å². The van der Waals surface area contributed by atoms with Crippen LogP contribution in [0.25, 0.3) is 11.8 Å². The van der Waals surface area contributed by atoms with Gasteiger partial charge in [0, 0.05) is 25.0 Å². The molecule has 4 heterocycles. The highest BCUT2D eigenvalue weighted by Gasteiger charge is 2.51. The third kappa shape index (κ3) is 3.78. The van der Waals surface area contributed by atoms with Crippen molar-refractivity contribution in [3.63, 3.8) is 0 Å². The normalized spacial score (nSPS) is 19.8. The molecule has 1 aliphatic heterocycles. The first kappa shape index (κ1) is 23.9. The molecule has 2 aliphatic rings. The number of halogens is 1. The summed E-state index contributed by atoms with van der Waals surface area (Å²) in [5.74, 6) is -0.543. The molecule has 4 aromatic rings. The average Bonchev–Trinajstić information content (AvgIpc) is 3.68. The molecular weight excluding hydrogens is 515 g/mol. The number of thiazole rings is 1. The molecule has 0 saturated carbocycles. The number of carbonyl (C=O) groups is 1. The predicted octanol–water partition coefficient (Wildman–Crippen LogP) is 3.59. The van der Waals surface area contributed by atoms with Crippen LogP contribution in [0.3, 0.4) is 0 Å². The van der Waals surface area contributed by atoms with Crippen molar-refractivity contribution in [2.45, 2.75) is 31.3 Å². The standard InChI is InChI=1S/C25H23FN6O3S2/c1-2-31-23(7-9-28-31)37(34,35)30-10-8-18-11-22-17(13-29-32(22)20-5-3-19(26)4-6-20)12-25(18,15-30)24(33)21-14-36-16-27-21/h3-7,9,11,13-14,16H,2,8,10,12,15H2,1H3. The van der Waals surface area contributed by atoms with E-state index in [1.807, 2.05) is 13.0 Å². The van der Waals surface area contributed by atoms with Crippen molar-refractivity contribution in [1.82, 2.24) is 28.9 Å². The number of benzene rings is 1. The molecule has 12 heteroatoms. The molecule has 0 bridgehead atoms. The Morgan fingerprint density at radius 1 is 1.19 bits per heavy atom. The number of Topliss-reactive ketones (excluding diaryl/α,β-unsaturated/α-hetero) is 1. The molecule has 0 radical (unpaired) electrons. The molecule has 37 heavy (non-hydrogen) atoms. The molecule has 1 unspecified atom stereocenters. The van der Waals surface area contributed by atoms with Crippen LogP contribution in [-0.2, 0) is 23.0 Å². The number of hydrogen-bond acceptors (Lipinski definition) is 7. The molecule has 1 fully saturated rings. The highest BCUT2D eigenvalue weighted by Crippen LogP contribution is 2.47. The number of hydrogen-bond donors (Lipinski definition) is 0. The van der Waals surface area contributed by atoms with E-state index in [1.54, 1.807) is 33.9 Å². The first-order valence-electron chi connectivity index (χ1n) is 11.8. The van der Waals surface area contributed by atoms with E-state index in [4.69, 9.17) is 0 Å². The Bertz CT molecular complexity index is 1620. The highest BCUT2D eigenvalue weighted by atomic mass is 32.2. The maximum Gasteiger partial charge on any atom is 0.260 e. The molecule has 9 nitrogen and oxygen atoms in total. The Balaban J connectivity index is 1.45. The van der Waals surface area contributed by atoms with Crippen molar-refractivity contribution in [2.24, 2.45) is 5.41 Å². The SMILES string of the molecule is CCn1nccc1S(=O)(=O)N1CCC2=Cc3c(cnn3-c3ccc(F)cc3)CC2(C(=O)c2cscn2)C1. The van der Waals surface area contributed by atoms with Gasteiger partial charge in [-0.3, -0.25) is 9.48 Å². The zero-order valence-corrected chi connectivity index (χ0v) is 21.5. The molecule has 0 N–H and O–H groups in total. The van der Waals surface area contributed by atoms with Crippen molar-refractivity contribution < 1.29 is 17.6 Å². The molecule has 3 aromatic heterocycles. The van der Waals surface area contributed by atoms with Crippen molar-refractivity contribution in [2.75, 3.05) is 13.1 Å². The summed E-state index contributed by atoms with van der Waals surface area (Å²) in [5.41, 5.74) is 3.98. The second kappa shape index (κ2) is 8.82. The summed E-state index contributed by atoms with van der Waals surface area (Å²) in [7, 11) is -3.89. The topological polar surface area (TPSA) is 103 Å². The molecule has 6 rings (SSSR count). The van der Waals surface area contributed by atoms with Crippen LogP contribution in [0, 0.1) is 11.2 Å². The van der Waals surface area contributed by atoms with Crippen molar-refractivity contribution >= 4 is 33.2 Å². The van der Waals surface area contributed by atoms with Gasteiger partial charge in [-0.25, -0.2) is 22.5 Å². The summed E-state index contributed by atoms with van der Waals surface area (Å²) in [6.45, 7) is 2.47. The van der Waals surface area contributed by atoms with Crippen LogP contribution >= 0.6 is 11.3 Å². The highest BCUT2D eigenvalue weighted by molar-refractivity contribution is 7.89. The Hall–Kier alpha value is -3.48. The smallest absolute Gasteiger partial charge is 0.260 e. The zero-order chi connectivity index (χ0) is 25.8. The van der Waals surface area contributed by atoms with Gasteiger partial charge in [0.2, 0.25) is 0 Å². The molecule has 0 spiro atoms. The van der Waals surface area contributed by atoms with Gasteiger partial charge in [0.05, 0.1) is 34.7 Å². The summed E-state index contributed by atoms with van der Waals surface area (Å²) in [4.78, 5) is 18.3. The van der Waals surface area contributed by atoms with Crippen LogP contribution in [0.4, 0.5) is 4.39 Å². The summed E-state index contributed by atoms with van der Waals surface area (Å²) in [6.07, 6.45) is 5.77. The van der Waals surface area contributed by atoms with Crippen LogP contribution in [-0.4, -0.2) is 56.1 Å². The Kier molecular flexibility index (Phi) is 5.70. The van der Waals surface area contributed by atoms with E-state index in [0.29, 0.717) is 24.3 Å². The second-order valence-corrected chi connectivity index (χ2v) is 11.8. The monoisotopic (exact) mass is 538 g/mol. The van der Waals surface area contributed by atoms with Gasteiger partial charge in [-0.1, -0.05) is 5.57 Å². The third-order valence-corrected chi connectivity index (χ3v) is 9.59. The van der Waals surface area contributed by atoms with Crippen LogP contribution < -0.4 is 0 Å². The van der Waals surface area contributed by atoms with E-state index in [-0.39, 0.29) is 36.1 Å². The molecule has 1 atom stereocenters. The second-order valence-electron chi connectivity index (χ2n) is 9.15. The largest absolute Gasteiger partial charge is 0.291 e. The first-order valence-corrected chi connectivity index (χ1v) is 14.2. The summed E-state index contributed by atoms with van der Waals surface area (Å²) in [6, 6.07) is 7.54. The van der Waals surface area contributed by atoms with Gasteiger partial charge < -0.3 is 0 Å². The number of sulfonamides is 1. The number of ketones is 1. The minimum Gasteiger partial charge on any atom is -0.291 e. The van der Waals surface area contributed by atoms with Gasteiger partial charge in [0.15, 0.2) is 10.8 Å². The van der Waals surface area contributed by atoms with E-state index >= 15 is 0 Å². The van der Waals surface area contributed by atoms with Gasteiger partial charge in [0.25, 0.3) is 10.0 Å². The number of carbonyl (C=O) groups excluding carboxylic acids is 1. The fraction of sp³-hybridized carbons (Fsp3) is 0.280. The average molecular weight is 539 g/mol. The molecule has 1 aromatic carbocycles. The van der Waals surface area contributed by atoms with Crippen molar-refractivity contribution in [1.29, 1.82) is 0 Å². The molecular formula is C25H23FN6O3S2. The zero-order valence-electron chi connectivity index (χ0n) is 19.9. The lowest BCUT2D eigenvalue weighted by atomic mass is 9.65. The summed E-state index contributed by atoms with van der Waals surface area (Å²) >= 11 is 1.32. The van der Waals surface area contributed by atoms with Crippen LogP contribution in [0.1, 0.15) is 35.1 Å². The Morgan fingerprint density at radius 3 is 2.73 bits per heavy atom. The van der Waals surface area contributed by atoms with E-state index in [2.05, 4.69) is 15.2 Å². The van der Waals surface area contributed by atoms with Crippen LogP contribution in [0.2, 0.25) is 0 Å². The van der Waals surface area contributed by atoms with E-state index in [9.17, 15) is 17.6 Å². The number of fused-ring (bicyclic) bond motifs is 2. The van der Waals surface area contributed by atoms with Gasteiger partial charge in [-0.15, -0.1) is 11.3 Å². The number of piperidine rings is 1. The molecule has 0 amide bonds. The number of nitrogens with zero attached hydrogens (tertiary/aromatic N) is 6. The number of rotatable bonds is 6. The van der Waals surface area contributed by atoms with Crippen LogP contribution in [0.15, 0.2) is 64.2 Å². The maximum absolute atomic E-state index is 14.0. The third-order valence-electron chi connectivity index (χ3n) is 7.13. The minimum absolute atomic E-state index is 0.00636. The lowest BCUT2D eigenvalue weighted by Crippen LogP contribution is -2.53. The van der Waals surface area contributed by atoms with E-state index in [1.165, 1.54) is 44.7 Å². The number of aryl methyl sites for hydroxylation is 1. The summed E-state index contributed by atoms with van der Waals surface area (Å²) in [5, 5.41) is 10.5. The first-order chi connectivity index (χ1) is 17.8. The molecule has 1 saturated heterocycles. The van der Waals surface area contributed by atoms with Gasteiger partial charge in [-0.2, -0.15) is 14.5 Å². The predicted molar refractivity (Wildman–Crippen MR) is 135 cm³/mol. The lowest BCUT2D eigenvalue weighted by Gasteiger charge is -2.44. The van der Waals surface area contributed by atoms with E-state index in [0.717, 1.165) is 16.8 Å². The lowest BCUT2D eigenvalue weighted by molar-refractivity contribution is 0.0770. The number of aromatic nitrogens is 5. The van der Waals surface area contributed by atoms with Gasteiger partial charge in [-0.05, 0) is 61.7 Å².